The SMILES string of the molecule is Cc1ccc(-c2noc(CN3CCN(CCO)CC3)n2)cc1. The van der Waals surface area contributed by atoms with E-state index in [0.29, 0.717) is 18.3 Å². The van der Waals surface area contributed by atoms with E-state index < -0.39 is 0 Å². The van der Waals surface area contributed by atoms with E-state index in [1.165, 1.54) is 5.56 Å². The van der Waals surface area contributed by atoms with E-state index in [2.05, 4.69) is 26.9 Å². The highest BCUT2D eigenvalue weighted by Crippen LogP contribution is 2.17. The van der Waals surface area contributed by atoms with Crippen LogP contribution in [0.25, 0.3) is 11.4 Å². The minimum atomic E-state index is 0.226. The first-order valence-electron chi connectivity index (χ1n) is 7.70. The van der Waals surface area contributed by atoms with E-state index in [9.17, 15) is 0 Å². The smallest absolute Gasteiger partial charge is 0.241 e. The van der Waals surface area contributed by atoms with E-state index in [1.54, 1.807) is 0 Å². The molecule has 0 saturated carbocycles. The number of rotatable bonds is 5. The van der Waals surface area contributed by atoms with Crippen LogP contribution in [0.1, 0.15) is 11.5 Å². The van der Waals surface area contributed by atoms with Gasteiger partial charge in [-0.3, -0.25) is 9.80 Å². The maximum absolute atomic E-state index is 8.96. The molecule has 6 heteroatoms. The Morgan fingerprint density at radius 1 is 1.09 bits per heavy atom. The topological polar surface area (TPSA) is 65.6 Å². The fourth-order valence-electron chi connectivity index (χ4n) is 2.64. The fraction of sp³-hybridized carbons (Fsp3) is 0.500. The van der Waals surface area contributed by atoms with Crippen LogP contribution in [0.4, 0.5) is 0 Å². The largest absolute Gasteiger partial charge is 0.395 e. The molecule has 0 aliphatic carbocycles. The Labute approximate surface area is 130 Å². The molecule has 0 atom stereocenters. The summed E-state index contributed by atoms with van der Waals surface area (Å²) >= 11 is 0. The molecule has 0 bridgehead atoms. The Bertz CT molecular complexity index is 588. The molecule has 0 radical (unpaired) electrons. The van der Waals surface area contributed by atoms with Crippen LogP contribution in [0.5, 0.6) is 0 Å². The average molecular weight is 302 g/mol. The second kappa shape index (κ2) is 7.00. The molecule has 2 aromatic rings. The predicted molar refractivity (Wildman–Crippen MR) is 83.3 cm³/mol. The molecule has 0 amide bonds. The molecule has 1 aliphatic rings. The lowest BCUT2D eigenvalue weighted by Crippen LogP contribution is -2.46. The van der Waals surface area contributed by atoms with Crippen molar-refractivity contribution in [3.8, 4) is 11.4 Å². The van der Waals surface area contributed by atoms with Gasteiger partial charge < -0.3 is 9.63 Å². The third-order valence-corrected chi connectivity index (χ3v) is 4.02. The number of hydrogen-bond acceptors (Lipinski definition) is 6. The standard InChI is InChI=1S/C16H22N4O2/c1-13-2-4-14(5-3-13)16-17-15(22-18-16)12-20-8-6-19(7-9-20)10-11-21/h2-5,21H,6-12H2,1H3. The van der Waals surface area contributed by atoms with Gasteiger partial charge in [0.15, 0.2) is 0 Å². The molecule has 2 heterocycles. The molecule has 3 rings (SSSR count). The summed E-state index contributed by atoms with van der Waals surface area (Å²) in [5.74, 6) is 1.31. The summed E-state index contributed by atoms with van der Waals surface area (Å²) in [7, 11) is 0. The maximum Gasteiger partial charge on any atom is 0.241 e. The highest BCUT2D eigenvalue weighted by molar-refractivity contribution is 5.54. The molecular formula is C16H22N4O2. The van der Waals surface area contributed by atoms with Gasteiger partial charge in [0.1, 0.15) is 0 Å². The first-order chi connectivity index (χ1) is 10.7. The van der Waals surface area contributed by atoms with Gasteiger partial charge in [0.25, 0.3) is 0 Å². The van der Waals surface area contributed by atoms with Crippen molar-refractivity contribution in [1.82, 2.24) is 19.9 Å². The maximum atomic E-state index is 8.96. The van der Waals surface area contributed by atoms with Gasteiger partial charge in [-0.15, -0.1) is 0 Å². The zero-order valence-corrected chi connectivity index (χ0v) is 12.9. The van der Waals surface area contributed by atoms with Crippen LogP contribution in [-0.4, -0.2) is 64.4 Å². The molecule has 118 valence electrons. The van der Waals surface area contributed by atoms with E-state index >= 15 is 0 Å². The quantitative estimate of drug-likeness (QED) is 0.894. The van der Waals surface area contributed by atoms with Crippen molar-refractivity contribution in [3.63, 3.8) is 0 Å². The van der Waals surface area contributed by atoms with Crippen LogP contribution >= 0.6 is 0 Å². The third-order valence-electron chi connectivity index (χ3n) is 4.02. The van der Waals surface area contributed by atoms with Crippen molar-refractivity contribution >= 4 is 0 Å². The lowest BCUT2D eigenvalue weighted by molar-refractivity contribution is 0.101. The van der Waals surface area contributed by atoms with E-state index in [0.717, 1.165) is 38.3 Å². The van der Waals surface area contributed by atoms with Crippen molar-refractivity contribution in [2.45, 2.75) is 13.5 Å². The first-order valence-corrected chi connectivity index (χ1v) is 7.70. The van der Waals surface area contributed by atoms with Crippen LogP contribution in [0.2, 0.25) is 0 Å². The van der Waals surface area contributed by atoms with Gasteiger partial charge in [-0.1, -0.05) is 35.0 Å². The second-order valence-electron chi connectivity index (χ2n) is 5.72. The molecule has 1 fully saturated rings. The fourth-order valence-corrected chi connectivity index (χ4v) is 2.64. The number of nitrogens with zero attached hydrogens (tertiary/aromatic N) is 4. The van der Waals surface area contributed by atoms with Gasteiger partial charge in [-0.25, -0.2) is 0 Å². The predicted octanol–water partition coefficient (Wildman–Crippen LogP) is 1.15. The number of aliphatic hydroxyl groups is 1. The monoisotopic (exact) mass is 302 g/mol. The summed E-state index contributed by atoms with van der Waals surface area (Å²) in [5, 5.41) is 13.0. The number of β-amino-alcohol motifs (C(OH)–C–C–N with tert-alkyl or cyclic N) is 1. The number of hydrogen-bond donors (Lipinski definition) is 1. The highest BCUT2D eigenvalue weighted by atomic mass is 16.5. The Kier molecular flexibility index (Phi) is 4.82. The summed E-state index contributed by atoms with van der Waals surface area (Å²) in [5.41, 5.74) is 2.20. The van der Waals surface area contributed by atoms with Crippen LogP contribution < -0.4 is 0 Å². The van der Waals surface area contributed by atoms with Gasteiger partial charge in [0, 0.05) is 38.3 Å². The minimum absolute atomic E-state index is 0.226. The number of aryl methyl sites for hydroxylation is 1. The Morgan fingerprint density at radius 3 is 2.45 bits per heavy atom. The summed E-state index contributed by atoms with van der Waals surface area (Å²) in [4.78, 5) is 9.06. The summed E-state index contributed by atoms with van der Waals surface area (Å²) in [6.07, 6.45) is 0. The third kappa shape index (κ3) is 3.71. The molecule has 0 unspecified atom stereocenters. The molecule has 1 saturated heterocycles. The van der Waals surface area contributed by atoms with Crippen LogP contribution in [0.15, 0.2) is 28.8 Å². The minimum Gasteiger partial charge on any atom is -0.395 e. The van der Waals surface area contributed by atoms with Crippen molar-refractivity contribution < 1.29 is 9.63 Å². The average Bonchev–Trinajstić information content (AvgIpc) is 2.99. The van der Waals surface area contributed by atoms with E-state index in [-0.39, 0.29) is 6.61 Å². The van der Waals surface area contributed by atoms with Gasteiger partial charge >= 0.3 is 0 Å². The Balaban J connectivity index is 1.57. The molecule has 1 aliphatic heterocycles. The van der Waals surface area contributed by atoms with Gasteiger partial charge in [-0.2, -0.15) is 4.98 Å². The summed E-state index contributed by atoms with van der Waals surface area (Å²) in [6.45, 7) is 7.59. The summed E-state index contributed by atoms with van der Waals surface area (Å²) < 4.78 is 5.37. The first kappa shape index (κ1) is 15.1. The van der Waals surface area contributed by atoms with Crippen molar-refractivity contribution in [3.05, 3.63) is 35.7 Å². The van der Waals surface area contributed by atoms with E-state index in [1.807, 2.05) is 24.3 Å². The Morgan fingerprint density at radius 2 is 1.77 bits per heavy atom. The van der Waals surface area contributed by atoms with Gasteiger partial charge in [0.05, 0.1) is 13.2 Å². The Hall–Kier alpha value is -1.76. The van der Waals surface area contributed by atoms with Crippen LogP contribution in [0, 0.1) is 6.92 Å². The lowest BCUT2D eigenvalue weighted by Gasteiger charge is -2.33. The molecule has 1 aromatic heterocycles. The van der Waals surface area contributed by atoms with Gasteiger partial charge in [0.2, 0.25) is 11.7 Å². The number of benzene rings is 1. The highest BCUT2D eigenvalue weighted by Gasteiger charge is 2.19. The second-order valence-corrected chi connectivity index (χ2v) is 5.72. The zero-order valence-electron chi connectivity index (χ0n) is 12.9. The molecule has 6 nitrogen and oxygen atoms in total. The number of piperazine rings is 1. The molecular weight excluding hydrogens is 280 g/mol. The van der Waals surface area contributed by atoms with Crippen LogP contribution in [-0.2, 0) is 6.54 Å². The van der Waals surface area contributed by atoms with Gasteiger partial charge in [-0.05, 0) is 6.92 Å². The van der Waals surface area contributed by atoms with Crippen molar-refractivity contribution in [1.29, 1.82) is 0 Å². The molecule has 1 aromatic carbocycles. The number of aliphatic hydroxyl groups excluding tert-OH is 1. The lowest BCUT2D eigenvalue weighted by atomic mass is 10.1. The van der Waals surface area contributed by atoms with Crippen molar-refractivity contribution in [2.24, 2.45) is 0 Å². The molecule has 1 N–H and O–H groups in total. The zero-order chi connectivity index (χ0) is 15.4. The van der Waals surface area contributed by atoms with Crippen LogP contribution in [0.3, 0.4) is 0 Å². The van der Waals surface area contributed by atoms with E-state index in [4.69, 9.17) is 9.63 Å². The normalized spacial score (nSPS) is 17.0. The van der Waals surface area contributed by atoms with Crippen molar-refractivity contribution in [2.75, 3.05) is 39.3 Å². The number of aromatic nitrogens is 2. The molecule has 0 spiro atoms. The summed E-state index contributed by atoms with van der Waals surface area (Å²) in [6, 6.07) is 8.12. The molecule has 22 heavy (non-hydrogen) atoms.